The number of hydrogen-bond acceptors (Lipinski definition) is 7. The van der Waals surface area contributed by atoms with Gasteiger partial charge in [-0.05, 0) is 18.2 Å². The van der Waals surface area contributed by atoms with E-state index in [1.165, 1.54) is 24.7 Å². The zero-order valence-electron chi connectivity index (χ0n) is 10.0. The maximum Gasteiger partial charge on any atom is 0.317 e. The van der Waals surface area contributed by atoms with Crippen LogP contribution in [-0.2, 0) is 0 Å². The number of aldehydes is 1. The van der Waals surface area contributed by atoms with Crippen molar-refractivity contribution in [3.05, 3.63) is 42.2 Å². The average molecular weight is 272 g/mol. The van der Waals surface area contributed by atoms with E-state index in [2.05, 4.69) is 10.1 Å². The summed E-state index contributed by atoms with van der Waals surface area (Å²) in [6, 6.07) is 4.52. The molecule has 0 aromatic carbocycles. The minimum absolute atomic E-state index is 0.0877. The highest BCUT2D eigenvalue weighted by Crippen LogP contribution is 2.19. The van der Waals surface area contributed by atoms with E-state index < -0.39 is 5.91 Å². The molecule has 3 aromatic heterocycles. The van der Waals surface area contributed by atoms with Crippen molar-refractivity contribution in [3.8, 4) is 11.4 Å². The van der Waals surface area contributed by atoms with Gasteiger partial charge in [-0.25, -0.2) is 0 Å². The number of nitrogens with two attached hydrogens (primary N) is 1. The lowest BCUT2D eigenvalue weighted by atomic mass is 10.3. The third-order valence-electron chi connectivity index (χ3n) is 2.55. The van der Waals surface area contributed by atoms with E-state index in [4.69, 9.17) is 14.6 Å². The van der Waals surface area contributed by atoms with Crippen LogP contribution >= 0.6 is 0 Å². The summed E-state index contributed by atoms with van der Waals surface area (Å²) in [6.45, 7) is 0. The van der Waals surface area contributed by atoms with Crippen LogP contribution in [-0.4, -0.2) is 27.0 Å². The van der Waals surface area contributed by atoms with E-state index in [9.17, 15) is 9.59 Å². The number of hydrogen-bond donors (Lipinski definition) is 1. The fourth-order valence-electron chi connectivity index (χ4n) is 1.63. The van der Waals surface area contributed by atoms with Gasteiger partial charge in [-0.15, -0.1) is 5.10 Å². The summed E-state index contributed by atoms with van der Waals surface area (Å²) in [5, 5.41) is 3.98. The Morgan fingerprint density at radius 2 is 2.25 bits per heavy atom. The van der Waals surface area contributed by atoms with Crippen LogP contribution in [0.4, 0.5) is 5.95 Å². The Morgan fingerprint density at radius 3 is 2.90 bits per heavy atom. The van der Waals surface area contributed by atoms with Crippen molar-refractivity contribution >= 4 is 18.1 Å². The smallest absolute Gasteiger partial charge is 0.317 e. The molecule has 0 aliphatic carbocycles. The SMILES string of the molecule is Nc1nc(-c2coc(C=O)c2)nn1C(=O)c1ccco1. The minimum Gasteiger partial charge on any atom is -0.461 e. The van der Waals surface area contributed by atoms with Gasteiger partial charge in [0.1, 0.15) is 6.26 Å². The highest BCUT2D eigenvalue weighted by atomic mass is 16.3. The number of rotatable bonds is 3. The van der Waals surface area contributed by atoms with Crippen molar-refractivity contribution in [1.82, 2.24) is 14.8 Å². The standard InChI is InChI=1S/C12H8N4O4/c13-12-14-10(7-4-8(5-17)20-6-7)15-16(12)11(18)9-2-1-3-19-9/h1-6H,(H2,13,14,15). The summed E-state index contributed by atoms with van der Waals surface area (Å²) in [7, 11) is 0. The fraction of sp³-hybridized carbons (Fsp3) is 0. The lowest BCUT2D eigenvalue weighted by molar-refractivity contribution is 0.0920. The van der Waals surface area contributed by atoms with Crippen LogP contribution in [0.2, 0.25) is 0 Å². The predicted molar refractivity (Wildman–Crippen MR) is 66.0 cm³/mol. The summed E-state index contributed by atoms with van der Waals surface area (Å²) in [5.41, 5.74) is 6.10. The van der Waals surface area contributed by atoms with Crippen molar-refractivity contribution in [2.24, 2.45) is 0 Å². The second-order valence-corrected chi connectivity index (χ2v) is 3.84. The Balaban J connectivity index is 1.99. The lowest BCUT2D eigenvalue weighted by Crippen LogP contribution is -2.15. The van der Waals surface area contributed by atoms with E-state index in [1.807, 2.05) is 0 Å². The first-order valence-corrected chi connectivity index (χ1v) is 5.54. The largest absolute Gasteiger partial charge is 0.461 e. The zero-order valence-corrected chi connectivity index (χ0v) is 10.0. The highest BCUT2D eigenvalue weighted by molar-refractivity contribution is 5.94. The van der Waals surface area contributed by atoms with E-state index in [0.29, 0.717) is 11.8 Å². The van der Waals surface area contributed by atoms with Crippen molar-refractivity contribution in [3.63, 3.8) is 0 Å². The monoisotopic (exact) mass is 272 g/mol. The van der Waals surface area contributed by atoms with Gasteiger partial charge < -0.3 is 14.6 Å². The van der Waals surface area contributed by atoms with Gasteiger partial charge in [-0.3, -0.25) is 9.59 Å². The summed E-state index contributed by atoms with van der Waals surface area (Å²) >= 11 is 0. The number of aromatic nitrogens is 3. The van der Waals surface area contributed by atoms with E-state index in [-0.39, 0.29) is 23.3 Å². The van der Waals surface area contributed by atoms with Gasteiger partial charge in [0.25, 0.3) is 0 Å². The normalized spacial score (nSPS) is 10.6. The van der Waals surface area contributed by atoms with Gasteiger partial charge in [0.15, 0.2) is 23.6 Å². The molecule has 100 valence electrons. The van der Waals surface area contributed by atoms with Gasteiger partial charge in [0, 0.05) is 0 Å². The molecule has 8 nitrogen and oxygen atoms in total. The van der Waals surface area contributed by atoms with Crippen LogP contribution in [0, 0.1) is 0 Å². The molecule has 0 spiro atoms. The molecular formula is C12H8N4O4. The molecule has 0 atom stereocenters. The number of carbonyl (C=O) groups is 2. The molecule has 0 aliphatic heterocycles. The number of nitrogens with zero attached hydrogens (tertiary/aromatic N) is 3. The van der Waals surface area contributed by atoms with E-state index in [1.54, 1.807) is 6.07 Å². The topological polar surface area (TPSA) is 117 Å². The van der Waals surface area contributed by atoms with Crippen LogP contribution < -0.4 is 5.73 Å². The van der Waals surface area contributed by atoms with Crippen LogP contribution in [0.5, 0.6) is 0 Å². The third kappa shape index (κ3) is 1.88. The first-order chi connectivity index (χ1) is 9.69. The number of carbonyl (C=O) groups excluding carboxylic acids is 2. The zero-order chi connectivity index (χ0) is 14.1. The molecular weight excluding hydrogens is 264 g/mol. The van der Waals surface area contributed by atoms with Crippen LogP contribution in [0.25, 0.3) is 11.4 Å². The molecule has 3 rings (SSSR count). The number of furan rings is 2. The molecule has 0 amide bonds. The highest BCUT2D eigenvalue weighted by Gasteiger charge is 2.19. The Labute approximate surface area is 111 Å². The molecule has 0 radical (unpaired) electrons. The van der Waals surface area contributed by atoms with Crippen molar-refractivity contribution in [2.45, 2.75) is 0 Å². The quantitative estimate of drug-likeness (QED) is 0.712. The molecule has 3 heterocycles. The van der Waals surface area contributed by atoms with Gasteiger partial charge in [-0.2, -0.15) is 9.67 Å². The van der Waals surface area contributed by atoms with Gasteiger partial charge >= 0.3 is 5.91 Å². The Bertz CT molecular complexity index is 769. The Morgan fingerprint density at radius 1 is 1.40 bits per heavy atom. The first kappa shape index (κ1) is 11.9. The molecule has 0 bridgehead atoms. The Hall–Kier alpha value is -3.16. The lowest BCUT2D eigenvalue weighted by Gasteiger charge is -1.96. The van der Waals surface area contributed by atoms with Crippen LogP contribution in [0.3, 0.4) is 0 Å². The summed E-state index contributed by atoms with van der Waals surface area (Å²) < 4.78 is 10.8. The molecule has 3 aromatic rings. The summed E-state index contributed by atoms with van der Waals surface area (Å²) in [5.74, 6) is -0.221. The van der Waals surface area contributed by atoms with E-state index in [0.717, 1.165) is 4.68 Å². The van der Waals surface area contributed by atoms with Crippen molar-refractivity contribution in [2.75, 3.05) is 5.73 Å². The molecule has 0 unspecified atom stereocenters. The van der Waals surface area contributed by atoms with Crippen LogP contribution in [0.1, 0.15) is 21.1 Å². The molecule has 0 fully saturated rings. The van der Waals surface area contributed by atoms with E-state index >= 15 is 0 Å². The van der Waals surface area contributed by atoms with Crippen molar-refractivity contribution < 1.29 is 18.4 Å². The second kappa shape index (κ2) is 4.50. The molecule has 20 heavy (non-hydrogen) atoms. The molecule has 2 N–H and O–H groups in total. The van der Waals surface area contributed by atoms with Gasteiger partial charge in [0.05, 0.1) is 11.8 Å². The molecule has 0 saturated carbocycles. The van der Waals surface area contributed by atoms with Crippen molar-refractivity contribution in [1.29, 1.82) is 0 Å². The maximum atomic E-state index is 12.0. The molecule has 0 saturated heterocycles. The molecule has 8 heteroatoms. The number of anilines is 1. The van der Waals surface area contributed by atoms with Gasteiger partial charge in [0.2, 0.25) is 5.95 Å². The first-order valence-electron chi connectivity index (χ1n) is 5.54. The number of nitrogen functional groups attached to an aromatic ring is 1. The Kier molecular flexibility index (Phi) is 2.68. The molecule has 0 aliphatic rings. The second-order valence-electron chi connectivity index (χ2n) is 3.84. The van der Waals surface area contributed by atoms with Crippen LogP contribution in [0.15, 0.2) is 39.6 Å². The third-order valence-corrected chi connectivity index (χ3v) is 2.55. The predicted octanol–water partition coefficient (Wildman–Crippen LogP) is 1.21. The average Bonchev–Trinajstić information content (AvgIpc) is 3.18. The van der Waals surface area contributed by atoms with Gasteiger partial charge in [-0.1, -0.05) is 0 Å². The minimum atomic E-state index is -0.537. The summed E-state index contributed by atoms with van der Waals surface area (Å²) in [6.07, 6.45) is 3.23. The maximum absolute atomic E-state index is 12.0. The fourth-order valence-corrected chi connectivity index (χ4v) is 1.63. The summed E-state index contributed by atoms with van der Waals surface area (Å²) in [4.78, 5) is 26.5.